The monoisotopic (exact) mass is 510 g/mol. The molecule has 0 spiro atoms. The maximum absolute atomic E-state index is 13.8. The number of fused-ring (bicyclic) bond motifs is 3. The molecule has 0 atom stereocenters. The lowest BCUT2D eigenvalue weighted by Gasteiger charge is -2.14. The third-order valence-corrected chi connectivity index (χ3v) is 8.61. The van der Waals surface area contributed by atoms with E-state index in [4.69, 9.17) is 4.98 Å². The fourth-order valence-corrected chi connectivity index (χ4v) is 6.84. The van der Waals surface area contributed by atoms with Crippen molar-refractivity contribution in [2.24, 2.45) is 0 Å². The van der Waals surface area contributed by atoms with Crippen LogP contribution in [0.5, 0.6) is 0 Å². The van der Waals surface area contributed by atoms with Gasteiger partial charge in [-0.1, -0.05) is 51.5 Å². The number of benzene rings is 2. The van der Waals surface area contributed by atoms with Crippen LogP contribution in [-0.4, -0.2) is 9.55 Å². The van der Waals surface area contributed by atoms with Crippen LogP contribution >= 0.6 is 39.0 Å². The van der Waals surface area contributed by atoms with Crippen molar-refractivity contribution >= 4 is 49.2 Å². The van der Waals surface area contributed by atoms with E-state index in [0.29, 0.717) is 0 Å². The molecule has 2 heterocycles. The summed E-state index contributed by atoms with van der Waals surface area (Å²) in [6.45, 7) is 4.26. The molecule has 0 amide bonds. The van der Waals surface area contributed by atoms with Gasteiger partial charge in [0.15, 0.2) is 5.16 Å². The number of rotatable bonds is 4. The maximum Gasteiger partial charge on any atom is 0.267 e. The third-order valence-electron chi connectivity index (χ3n) is 5.90. The van der Waals surface area contributed by atoms with Crippen LogP contribution in [0.25, 0.3) is 15.9 Å². The molecule has 0 aliphatic heterocycles. The molecule has 0 N–H and O–H groups in total. The Hall–Kier alpha value is -1.89. The molecule has 0 saturated heterocycles. The fourth-order valence-electron chi connectivity index (χ4n) is 4.20. The van der Waals surface area contributed by atoms with Gasteiger partial charge in [-0.15, -0.1) is 11.3 Å². The van der Waals surface area contributed by atoms with Crippen LogP contribution < -0.4 is 5.56 Å². The molecule has 0 saturated carbocycles. The van der Waals surface area contributed by atoms with Gasteiger partial charge < -0.3 is 0 Å². The molecule has 1 aliphatic carbocycles. The zero-order valence-electron chi connectivity index (χ0n) is 17.6. The van der Waals surface area contributed by atoms with Gasteiger partial charge in [-0.2, -0.15) is 0 Å². The summed E-state index contributed by atoms with van der Waals surface area (Å²) in [6, 6.07) is 14.5. The van der Waals surface area contributed by atoms with Gasteiger partial charge in [0.2, 0.25) is 0 Å². The Morgan fingerprint density at radius 3 is 2.68 bits per heavy atom. The van der Waals surface area contributed by atoms with E-state index in [9.17, 15) is 4.79 Å². The minimum absolute atomic E-state index is 0.0650. The first-order valence-corrected chi connectivity index (χ1v) is 13.1. The molecule has 0 unspecified atom stereocenters. The lowest BCUT2D eigenvalue weighted by atomic mass is 9.97. The van der Waals surface area contributed by atoms with Gasteiger partial charge in [0, 0.05) is 15.1 Å². The summed E-state index contributed by atoms with van der Waals surface area (Å²) >= 11 is 6.87. The van der Waals surface area contributed by atoms with E-state index in [1.165, 1.54) is 33.6 Å². The molecule has 4 aromatic rings. The highest BCUT2D eigenvalue weighted by molar-refractivity contribution is 9.10. The van der Waals surface area contributed by atoms with Crippen molar-refractivity contribution in [3.8, 4) is 5.69 Å². The molecule has 0 radical (unpaired) electrons. The van der Waals surface area contributed by atoms with Crippen LogP contribution in [0.4, 0.5) is 0 Å². The largest absolute Gasteiger partial charge is 0.268 e. The SMILES string of the molecule is Cc1ccc(C)c(CSc2nc3sc4c(c3c(=O)n2-c2ccc(Br)cc2)CCCC4)c1. The van der Waals surface area contributed by atoms with Gasteiger partial charge in [0.25, 0.3) is 5.56 Å². The smallest absolute Gasteiger partial charge is 0.267 e. The average Bonchev–Trinajstić information content (AvgIpc) is 3.14. The first-order valence-electron chi connectivity index (χ1n) is 10.5. The van der Waals surface area contributed by atoms with Gasteiger partial charge in [-0.25, -0.2) is 4.98 Å². The number of hydrogen-bond donors (Lipinski definition) is 0. The molecule has 158 valence electrons. The number of aryl methyl sites for hydroxylation is 4. The van der Waals surface area contributed by atoms with Crippen LogP contribution in [-0.2, 0) is 18.6 Å². The van der Waals surface area contributed by atoms with Crippen molar-refractivity contribution in [1.82, 2.24) is 9.55 Å². The predicted octanol–water partition coefficient (Wildman–Crippen LogP) is 7.00. The quantitative estimate of drug-likeness (QED) is 0.219. The van der Waals surface area contributed by atoms with E-state index >= 15 is 0 Å². The van der Waals surface area contributed by atoms with Crippen molar-refractivity contribution in [2.75, 3.05) is 0 Å². The minimum Gasteiger partial charge on any atom is -0.268 e. The summed E-state index contributed by atoms with van der Waals surface area (Å²) in [5.74, 6) is 0.785. The van der Waals surface area contributed by atoms with Gasteiger partial charge in [-0.3, -0.25) is 9.36 Å². The molecular weight excluding hydrogens is 488 g/mol. The summed E-state index contributed by atoms with van der Waals surface area (Å²) in [5.41, 5.74) is 5.97. The normalized spacial score (nSPS) is 13.5. The van der Waals surface area contributed by atoms with Gasteiger partial charge >= 0.3 is 0 Å². The number of thioether (sulfide) groups is 1. The molecule has 31 heavy (non-hydrogen) atoms. The second-order valence-electron chi connectivity index (χ2n) is 8.12. The molecular formula is C25H23BrN2OS2. The Balaban J connectivity index is 1.66. The predicted molar refractivity (Wildman–Crippen MR) is 135 cm³/mol. The minimum atomic E-state index is 0.0650. The van der Waals surface area contributed by atoms with Crippen molar-refractivity contribution in [3.05, 3.63) is 84.4 Å². The molecule has 6 heteroatoms. The highest BCUT2D eigenvalue weighted by Crippen LogP contribution is 2.36. The Morgan fingerprint density at radius 2 is 1.87 bits per heavy atom. The summed E-state index contributed by atoms with van der Waals surface area (Å²) in [7, 11) is 0. The summed E-state index contributed by atoms with van der Waals surface area (Å²) < 4.78 is 2.81. The third kappa shape index (κ3) is 4.01. The van der Waals surface area contributed by atoms with E-state index in [1.807, 2.05) is 28.8 Å². The highest BCUT2D eigenvalue weighted by Gasteiger charge is 2.23. The molecule has 2 aromatic heterocycles. The zero-order chi connectivity index (χ0) is 21.5. The van der Waals surface area contributed by atoms with Crippen LogP contribution in [0.2, 0.25) is 0 Å². The first-order chi connectivity index (χ1) is 15.0. The molecule has 2 aromatic carbocycles. The first kappa shape index (κ1) is 21.0. The van der Waals surface area contributed by atoms with E-state index in [0.717, 1.165) is 50.5 Å². The van der Waals surface area contributed by atoms with Crippen LogP contribution in [0, 0.1) is 13.8 Å². The average molecular weight is 512 g/mol. The van der Waals surface area contributed by atoms with Crippen LogP contribution in [0.15, 0.2) is 56.9 Å². The van der Waals surface area contributed by atoms with E-state index in [2.05, 4.69) is 48.0 Å². The Kier molecular flexibility index (Phi) is 5.80. The second kappa shape index (κ2) is 8.57. The molecule has 0 fully saturated rings. The van der Waals surface area contributed by atoms with E-state index < -0.39 is 0 Å². The van der Waals surface area contributed by atoms with Gasteiger partial charge in [0.05, 0.1) is 11.1 Å². The van der Waals surface area contributed by atoms with Crippen molar-refractivity contribution in [2.45, 2.75) is 50.4 Å². The van der Waals surface area contributed by atoms with Crippen LogP contribution in [0.3, 0.4) is 0 Å². The second-order valence-corrected chi connectivity index (χ2v) is 11.1. The zero-order valence-corrected chi connectivity index (χ0v) is 20.8. The number of halogens is 1. The topological polar surface area (TPSA) is 34.9 Å². The van der Waals surface area contributed by atoms with Gasteiger partial charge in [0.1, 0.15) is 4.83 Å². The highest BCUT2D eigenvalue weighted by atomic mass is 79.9. The van der Waals surface area contributed by atoms with Crippen molar-refractivity contribution in [3.63, 3.8) is 0 Å². The van der Waals surface area contributed by atoms with Crippen molar-refractivity contribution in [1.29, 1.82) is 0 Å². The van der Waals surface area contributed by atoms with Gasteiger partial charge in [-0.05, 0) is 80.5 Å². The molecule has 1 aliphatic rings. The summed E-state index contributed by atoms with van der Waals surface area (Å²) in [4.78, 5) is 21.1. The van der Waals surface area contributed by atoms with E-state index in [1.54, 1.807) is 23.1 Å². The lowest BCUT2D eigenvalue weighted by molar-refractivity contribution is 0.699. The maximum atomic E-state index is 13.8. The van der Waals surface area contributed by atoms with Crippen molar-refractivity contribution < 1.29 is 0 Å². The lowest BCUT2D eigenvalue weighted by Crippen LogP contribution is -2.22. The summed E-state index contributed by atoms with van der Waals surface area (Å²) in [6.07, 6.45) is 4.41. The molecule has 0 bridgehead atoms. The Labute approximate surface area is 198 Å². The number of thiophene rings is 1. The van der Waals surface area contributed by atoms with E-state index in [-0.39, 0.29) is 5.56 Å². The number of hydrogen-bond acceptors (Lipinski definition) is 4. The number of nitrogens with zero attached hydrogens (tertiary/aromatic N) is 2. The Morgan fingerprint density at radius 1 is 1.10 bits per heavy atom. The van der Waals surface area contributed by atoms with Crippen LogP contribution in [0.1, 0.15) is 40.0 Å². The Bertz CT molecular complexity index is 1340. The standard InChI is InChI=1S/C25H23BrN2OS2/c1-15-7-8-16(2)17(13-15)14-30-25-27-23-22(20-5-3-4-6-21(20)31-23)24(29)28(25)19-11-9-18(26)10-12-19/h7-13H,3-6,14H2,1-2H3. The molecule has 3 nitrogen and oxygen atoms in total. The number of aromatic nitrogens is 2. The molecule has 5 rings (SSSR count). The fraction of sp³-hybridized carbons (Fsp3) is 0.280. The summed E-state index contributed by atoms with van der Waals surface area (Å²) in [5, 5.41) is 1.60.